The van der Waals surface area contributed by atoms with Gasteiger partial charge in [0.15, 0.2) is 23.0 Å². The number of ether oxygens (including phenoxy) is 6. The minimum absolute atomic E-state index is 0.598. The second kappa shape index (κ2) is 15.1. The summed E-state index contributed by atoms with van der Waals surface area (Å²) in [5.41, 5.74) is 6.95. The van der Waals surface area contributed by atoms with Crippen LogP contribution in [0.1, 0.15) is 17.5 Å². The number of nitrogens with zero attached hydrogens (tertiary/aromatic N) is 2. The van der Waals surface area contributed by atoms with E-state index in [-0.39, 0.29) is 0 Å². The van der Waals surface area contributed by atoms with Crippen LogP contribution in [0.3, 0.4) is 0 Å². The van der Waals surface area contributed by atoms with Crippen molar-refractivity contribution >= 4 is 0 Å². The average molecular weight is 613 g/mol. The third kappa shape index (κ3) is 7.13. The van der Waals surface area contributed by atoms with Crippen LogP contribution in [-0.2, 0) is 13.1 Å². The molecular formula is C37H44N2O6. The first-order valence-electron chi connectivity index (χ1n) is 15.2. The van der Waals surface area contributed by atoms with E-state index >= 15 is 0 Å². The fraction of sp³-hybridized carbons (Fsp3) is 0.351. The smallest absolute Gasteiger partial charge is 0.203 e. The predicted octanol–water partition coefficient (Wildman–Crippen LogP) is 6.78. The highest BCUT2D eigenvalue weighted by Gasteiger charge is 2.21. The summed E-state index contributed by atoms with van der Waals surface area (Å²) in [5.74, 6) is 3.80. The standard InChI is InChI=1S/C37H44N2O6/c1-40-32-20-28(21-33(41-2)36(32)44-5)30-14-9-7-12-26(30)24-38-16-11-17-39(19-18-38)25-27-13-8-10-15-31(27)29-22-34(42-3)37(45-6)35(23-29)43-4/h7-10,12-15,20-23H,11,16-19,24-25H2,1-6H3. The Morgan fingerprint density at radius 3 is 1.16 bits per heavy atom. The van der Waals surface area contributed by atoms with Crippen LogP contribution in [0.5, 0.6) is 34.5 Å². The van der Waals surface area contributed by atoms with Crippen molar-refractivity contribution in [3.8, 4) is 56.8 Å². The second-order valence-corrected chi connectivity index (χ2v) is 11.0. The molecule has 0 amide bonds. The van der Waals surface area contributed by atoms with Gasteiger partial charge in [0.2, 0.25) is 11.5 Å². The molecule has 0 saturated carbocycles. The van der Waals surface area contributed by atoms with E-state index in [4.69, 9.17) is 28.4 Å². The molecule has 1 aliphatic rings. The Morgan fingerprint density at radius 2 is 0.822 bits per heavy atom. The van der Waals surface area contributed by atoms with Gasteiger partial charge in [0.05, 0.1) is 42.7 Å². The maximum absolute atomic E-state index is 5.64. The van der Waals surface area contributed by atoms with Crippen molar-refractivity contribution in [1.29, 1.82) is 0 Å². The van der Waals surface area contributed by atoms with E-state index < -0.39 is 0 Å². The number of methoxy groups -OCH3 is 6. The lowest BCUT2D eigenvalue weighted by Crippen LogP contribution is -2.30. The van der Waals surface area contributed by atoms with Gasteiger partial charge in [0.25, 0.3) is 0 Å². The lowest BCUT2D eigenvalue weighted by atomic mass is 9.98. The molecule has 5 rings (SSSR count). The molecule has 0 aromatic heterocycles. The normalized spacial score (nSPS) is 14.0. The molecule has 45 heavy (non-hydrogen) atoms. The van der Waals surface area contributed by atoms with Gasteiger partial charge in [-0.25, -0.2) is 0 Å². The average Bonchev–Trinajstić information content (AvgIpc) is 3.31. The molecule has 238 valence electrons. The predicted molar refractivity (Wildman–Crippen MR) is 178 cm³/mol. The van der Waals surface area contributed by atoms with Crippen molar-refractivity contribution in [1.82, 2.24) is 9.80 Å². The first-order chi connectivity index (χ1) is 22.0. The first kappa shape index (κ1) is 32.0. The van der Waals surface area contributed by atoms with E-state index in [1.165, 1.54) is 11.1 Å². The Labute approximate surface area is 267 Å². The largest absolute Gasteiger partial charge is 0.493 e. The maximum Gasteiger partial charge on any atom is 0.203 e. The topological polar surface area (TPSA) is 61.9 Å². The molecule has 0 bridgehead atoms. The highest BCUT2D eigenvalue weighted by atomic mass is 16.5. The van der Waals surface area contributed by atoms with Crippen molar-refractivity contribution < 1.29 is 28.4 Å². The fourth-order valence-electron chi connectivity index (χ4n) is 6.18. The maximum atomic E-state index is 5.64. The molecule has 1 saturated heterocycles. The zero-order valence-electron chi connectivity index (χ0n) is 27.2. The van der Waals surface area contributed by atoms with Gasteiger partial charge in [-0.1, -0.05) is 48.5 Å². The van der Waals surface area contributed by atoms with Crippen LogP contribution in [0, 0.1) is 0 Å². The van der Waals surface area contributed by atoms with E-state index in [2.05, 4.69) is 58.3 Å². The molecule has 8 nitrogen and oxygen atoms in total. The number of benzene rings is 4. The second-order valence-electron chi connectivity index (χ2n) is 11.0. The van der Waals surface area contributed by atoms with Crippen molar-refractivity contribution in [2.45, 2.75) is 19.5 Å². The molecule has 0 radical (unpaired) electrons. The Morgan fingerprint density at radius 1 is 0.467 bits per heavy atom. The van der Waals surface area contributed by atoms with Gasteiger partial charge >= 0.3 is 0 Å². The lowest BCUT2D eigenvalue weighted by molar-refractivity contribution is 0.247. The van der Waals surface area contributed by atoms with E-state index in [0.29, 0.717) is 34.5 Å². The molecular weight excluding hydrogens is 568 g/mol. The van der Waals surface area contributed by atoms with Gasteiger partial charge in [-0.2, -0.15) is 0 Å². The van der Waals surface area contributed by atoms with Crippen LogP contribution in [0.15, 0.2) is 72.8 Å². The number of hydrogen-bond acceptors (Lipinski definition) is 8. The highest BCUT2D eigenvalue weighted by molar-refractivity contribution is 5.74. The molecule has 0 N–H and O–H groups in total. The van der Waals surface area contributed by atoms with Gasteiger partial charge in [0.1, 0.15) is 0 Å². The first-order valence-corrected chi connectivity index (χ1v) is 15.2. The summed E-state index contributed by atoms with van der Waals surface area (Å²) in [6, 6.07) is 25.2. The van der Waals surface area contributed by atoms with Gasteiger partial charge in [-0.05, 0) is 77.2 Å². The number of rotatable bonds is 12. The summed E-state index contributed by atoms with van der Waals surface area (Å²) in [6.45, 7) is 5.76. The third-order valence-electron chi connectivity index (χ3n) is 8.46. The molecule has 4 aromatic rings. The Hall–Kier alpha value is -4.40. The quantitative estimate of drug-likeness (QED) is 0.174. The Kier molecular flexibility index (Phi) is 10.7. The van der Waals surface area contributed by atoms with E-state index in [1.807, 2.05) is 24.3 Å². The van der Waals surface area contributed by atoms with Gasteiger partial charge < -0.3 is 28.4 Å². The monoisotopic (exact) mass is 612 g/mol. The zero-order chi connectivity index (χ0) is 31.8. The van der Waals surface area contributed by atoms with E-state index in [1.54, 1.807) is 42.7 Å². The minimum atomic E-state index is 0.598. The van der Waals surface area contributed by atoms with Gasteiger partial charge in [-0.3, -0.25) is 9.80 Å². The van der Waals surface area contributed by atoms with E-state index in [9.17, 15) is 0 Å². The summed E-state index contributed by atoms with van der Waals surface area (Å²) in [7, 11) is 9.86. The molecule has 0 unspecified atom stereocenters. The minimum Gasteiger partial charge on any atom is -0.493 e. The zero-order valence-corrected chi connectivity index (χ0v) is 27.2. The molecule has 0 atom stereocenters. The van der Waals surface area contributed by atoms with E-state index in [0.717, 1.165) is 67.9 Å². The summed E-state index contributed by atoms with van der Waals surface area (Å²) < 4.78 is 33.7. The molecule has 1 heterocycles. The van der Waals surface area contributed by atoms with Crippen LogP contribution in [0.4, 0.5) is 0 Å². The summed E-state index contributed by atoms with van der Waals surface area (Å²) in [4.78, 5) is 5.11. The van der Waals surface area contributed by atoms with Gasteiger partial charge in [-0.15, -0.1) is 0 Å². The summed E-state index contributed by atoms with van der Waals surface area (Å²) >= 11 is 0. The highest BCUT2D eigenvalue weighted by Crippen LogP contribution is 2.43. The fourth-order valence-corrected chi connectivity index (χ4v) is 6.18. The summed E-state index contributed by atoms with van der Waals surface area (Å²) in [6.07, 6.45) is 1.10. The Bertz CT molecular complexity index is 1420. The molecule has 1 aliphatic heterocycles. The number of hydrogen-bond donors (Lipinski definition) is 0. The van der Waals surface area contributed by atoms with Crippen molar-refractivity contribution in [3.05, 3.63) is 83.9 Å². The van der Waals surface area contributed by atoms with Crippen LogP contribution in [-0.4, -0.2) is 78.6 Å². The molecule has 0 aliphatic carbocycles. The molecule has 0 spiro atoms. The lowest BCUT2D eigenvalue weighted by Gasteiger charge is -2.24. The molecule has 4 aromatic carbocycles. The van der Waals surface area contributed by atoms with Crippen molar-refractivity contribution in [3.63, 3.8) is 0 Å². The molecule has 8 heteroatoms. The Balaban J connectivity index is 1.32. The third-order valence-corrected chi connectivity index (χ3v) is 8.46. The van der Waals surface area contributed by atoms with Crippen LogP contribution >= 0.6 is 0 Å². The van der Waals surface area contributed by atoms with Crippen molar-refractivity contribution in [2.24, 2.45) is 0 Å². The van der Waals surface area contributed by atoms with Gasteiger partial charge in [0, 0.05) is 26.2 Å². The van der Waals surface area contributed by atoms with Crippen LogP contribution in [0.2, 0.25) is 0 Å². The molecule has 1 fully saturated rings. The van der Waals surface area contributed by atoms with Crippen LogP contribution < -0.4 is 28.4 Å². The van der Waals surface area contributed by atoms with Crippen molar-refractivity contribution in [2.75, 3.05) is 68.8 Å². The van der Waals surface area contributed by atoms with Crippen LogP contribution in [0.25, 0.3) is 22.3 Å². The summed E-state index contributed by atoms with van der Waals surface area (Å²) in [5, 5.41) is 0. The SMILES string of the molecule is COc1cc(-c2ccccc2CN2CCCN(Cc3ccccc3-c3cc(OC)c(OC)c(OC)c3)CC2)cc(OC)c1OC.